The van der Waals surface area contributed by atoms with Crippen molar-refractivity contribution in [3.05, 3.63) is 41.6 Å². The Bertz CT molecular complexity index is 943. The van der Waals surface area contributed by atoms with E-state index in [0.29, 0.717) is 6.04 Å². The fourth-order valence-electron chi connectivity index (χ4n) is 4.14. The molecule has 4 rings (SSSR count). The molecule has 5 nitrogen and oxygen atoms in total. The highest BCUT2D eigenvalue weighted by Crippen LogP contribution is 2.41. The first-order valence-corrected chi connectivity index (χ1v) is 9.99. The van der Waals surface area contributed by atoms with Crippen LogP contribution < -0.4 is 0 Å². The molecule has 0 radical (unpaired) electrons. The van der Waals surface area contributed by atoms with Crippen molar-refractivity contribution in [2.24, 2.45) is 13.0 Å². The molecule has 0 fully saturated rings. The fraction of sp³-hybridized carbons (Fsp3) is 0.444. The van der Waals surface area contributed by atoms with Crippen LogP contribution in [-0.4, -0.2) is 50.4 Å². The highest BCUT2D eigenvalue weighted by molar-refractivity contribution is 7.85. The van der Waals surface area contributed by atoms with Crippen molar-refractivity contribution in [2.45, 2.75) is 12.5 Å². The van der Waals surface area contributed by atoms with Crippen LogP contribution in [0.25, 0.3) is 16.5 Å². The van der Waals surface area contributed by atoms with Gasteiger partial charge in [-0.15, -0.1) is 0 Å². The number of fused-ring (bicyclic) bond motifs is 2. The Morgan fingerprint density at radius 3 is 2.83 bits per heavy atom. The molecule has 0 amide bonds. The van der Waals surface area contributed by atoms with Gasteiger partial charge in [-0.25, -0.2) is 0 Å². The van der Waals surface area contributed by atoms with Gasteiger partial charge < -0.3 is 4.57 Å². The molecule has 1 aliphatic carbocycles. The number of nitrogens with zero attached hydrogens (tertiary/aromatic N) is 2. The maximum atomic E-state index is 11.3. The SMILES string of the molecule is CN1C[C@H](COS(C)(=O)=O)C=C2c3cccc4c3c(cn4C)C[C@H]21. The molecular weight excluding hydrogens is 324 g/mol. The molecular formula is C18H22N2O3S. The van der Waals surface area contributed by atoms with E-state index in [2.05, 4.69) is 54.0 Å². The summed E-state index contributed by atoms with van der Waals surface area (Å²) in [6.45, 7) is 1.01. The standard InChI is InChI=1S/C18H22N2O3S/c1-19-9-12(11-23-24(3,21)22)7-15-14-5-4-6-16-18(14)13(8-17(15)19)10-20(16)2/h4-7,10,12,17H,8-9,11H2,1-3H3/t12-,17-/m1/s1. The molecule has 1 aromatic carbocycles. The molecule has 0 unspecified atom stereocenters. The van der Waals surface area contributed by atoms with Gasteiger partial charge in [-0.2, -0.15) is 8.42 Å². The summed E-state index contributed by atoms with van der Waals surface area (Å²) in [7, 11) is 0.792. The molecule has 2 atom stereocenters. The largest absolute Gasteiger partial charge is 0.350 e. The van der Waals surface area contributed by atoms with Gasteiger partial charge in [-0.1, -0.05) is 18.2 Å². The Morgan fingerprint density at radius 2 is 2.08 bits per heavy atom. The average molecular weight is 346 g/mol. The number of benzene rings is 1. The zero-order valence-corrected chi connectivity index (χ0v) is 15.0. The predicted molar refractivity (Wildman–Crippen MR) is 95.3 cm³/mol. The third kappa shape index (κ3) is 2.59. The van der Waals surface area contributed by atoms with E-state index >= 15 is 0 Å². The molecule has 0 N–H and O–H groups in total. The highest BCUT2D eigenvalue weighted by Gasteiger charge is 2.34. The van der Waals surface area contributed by atoms with E-state index in [1.165, 1.54) is 27.6 Å². The Labute approximate surface area is 142 Å². The monoisotopic (exact) mass is 346 g/mol. The molecule has 0 spiro atoms. The van der Waals surface area contributed by atoms with Gasteiger partial charge >= 0.3 is 0 Å². The van der Waals surface area contributed by atoms with Crippen molar-refractivity contribution >= 4 is 26.6 Å². The number of aromatic nitrogens is 1. The van der Waals surface area contributed by atoms with E-state index in [4.69, 9.17) is 4.18 Å². The molecule has 2 aliphatic rings. The van der Waals surface area contributed by atoms with Crippen molar-refractivity contribution < 1.29 is 12.6 Å². The van der Waals surface area contributed by atoms with Crippen LogP contribution in [0, 0.1) is 5.92 Å². The van der Waals surface area contributed by atoms with Gasteiger partial charge in [-0.05, 0) is 36.2 Å². The fourth-order valence-corrected chi connectivity index (χ4v) is 4.56. The molecule has 0 bridgehead atoms. The van der Waals surface area contributed by atoms with Crippen molar-refractivity contribution in [3.63, 3.8) is 0 Å². The van der Waals surface area contributed by atoms with E-state index in [-0.39, 0.29) is 12.5 Å². The lowest BCUT2D eigenvalue weighted by atomic mass is 9.80. The zero-order chi connectivity index (χ0) is 17.1. The first-order chi connectivity index (χ1) is 11.3. The quantitative estimate of drug-likeness (QED) is 0.798. The summed E-state index contributed by atoms with van der Waals surface area (Å²) in [4.78, 5) is 2.32. The summed E-state index contributed by atoms with van der Waals surface area (Å²) in [5, 5.41) is 1.33. The van der Waals surface area contributed by atoms with Gasteiger partial charge in [0.25, 0.3) is 10.1 Å². The van der Waals surface area contributed by atoms with Crippen molar-refractivity contribution in [2.75, 3.05) is 26.5 Å². The van der Waals surface area contributed by atoms with Gasteiger partial charge in [-0.3, -0.25) is 9.08 Å². The Hall–Kier alpha value is -1.63. The molecule has 0 saturated carbocycles. The number of likely N-dealkylation sites (N-methyl/N-ethyl adjacent to an activating group) is 1. The first-order valence-electron chi connectivity index (χ1n) is 8.17. The first kappa shape index (κ1) is 15.9. The van der Waals surface area contributed by atoms with E-state index < -0.39 is 10.1 Å². The normalized spacial score (nSPS) is 24.0. The lowest BCUT2D eigenvalue weighted by Gasteiger charge is -2.39. The summed E-state index contributed by atoms with van der Waals surface area (Å²) in [6.07, 6.45) is 6.56. The molecule has 6 heteroatoms. The van der Waals surface area contributed by atoms with E-state index in [0.717, 1.165) is 19.2 Å². The van der Waals surface area contributed by atoms with E-state index in [1.54, 1.807) is 0 Å². The van der Waals surface area contributed by atoms with Crippen LogP contribution in [0.1, 0.15) is 11.1 Å². The molecule has 24 heavy (non-hydrogen) atoms. The van der Waals surface area contributed by atoms with Crippen molar-refractivity contribution in [1.29, 1.82) is 0 Å². The van der Waals surface area contributed by atoms with E-state index in [1.807, 2.05) is 0 Å². The lowest BCUT2D eigenvalue weighted by Crippen LogP contribution is -2.43. The summed E-state index contributed by atoms with van der Waals surface area (Å²) in [6, 6.07) is 6.78. The molecule has 2 heterocycles. The number of aryl methyl sites for hydroxylation is 1. The topological polar surface area (TPSA) is 51.5 Å². The molecule has 1 aromatic heterocycles. The van der Waals surface area contributed by atoms with Crippen molar-refractivity contribution in [3.8, 4) is 0 Å². The third-order valence-electron chi connectivity index (χ3n) is 5.14. The van der Waals surface area contributed by atoms with Crippen LogP contribution in [0.5, 0.6) is 0 Å². The summed E-state index contributed by atoms with van der Waals surface area (Å²) < 4.78 is 29.8. The summed E-state index contributed by atoms with van der Waals surface area (Å²) in [5.41, 5.74) is 5.22. The third-order valence-corrected chi connectivity index (χ3v) is 5.71. The van der Waals surface area contributed by atoms with Gasteiger partial charge in [0.05, 0.1) is 12.9 Å². The Balaban J connectivity index is 1.78. The maximum Gasteiger partial charge on any atom is 0.264 e. The van der Waals surface area contributed by atoms with Crippen LogP contribution in [-0.2, 0) is 27.8 Å². The predicted octanol–water partition coefficient (Wildman–Crippen LogP) is 2.02. The zero-order valence-electron chi connectivity index (χ0n) is 14.2. The molecule has 2 aromatic rings. The molecule has 0 saturated heterocycles. The lowest BCUT2D eigenvalue weighted by molar-refractivity contribution is 0.197. The number of hydrogen-bond acceptors (Lipinski definition) is 4. The Kier molecular flexibility index (Phi) is 3.60. The van der Waals surface area contributed by atoms with Crippen LogP contribution in [0.3, 0.4) is 0 Å². The summed E-state index contributed by atoms with van der Waals surface area (Å²) in [5.74, 6) is 0.0801. The van der Waals surface area contributed by atoms with Gasteiger partial charge in [0.1, 0.15) is 0 Å². The van der Waals surface area contributed by atoms with Gasteiger partial charge in [0.15, 0.2) is 0 Å². The minimum Gasteiger partial charge on any atom is -0.350 e. The second-order valence-corrected chi connectivity index (χ2v) is 8.64. The highest BCUT2D eigenvalue weighted by atomic mass is 32.2. The number of hydrogen-bond donors (Lipinski definition) is 0. The van der Waals surface area contributed by atoms with Crippen LogP contribution in [0.4, 0.5) is 0 Å². The Morgan fingerprint density at radius 1 is 1.29 bits per heavy atom. The second-order valence-electron chi connectivity index (χ2n) is 7.00. The van der Waals surface area contributed by atoms with Crippen LogP contribution in [0.15, 0.2) is 30.5 Å². The van der Waals surface area contributed by atoms with Crippen LogP contribution in [0.2, 0.25) is 0 Å². The van der Waals surface area contributed by atoms with Gasteiger partial charge in [0, 0.05) is 42.7 Å². The molecule has 128 valence electrons. The minimum absolute atomic E-state index is 0.0801. The second kappa shape index (κ2) is 5.44. The van der Waals surface area contributed by atoms with Crippen molar-refractivity contribution in [1.82, 2.24) is 9.47 Å². The molecule has 1 aliphatic heterocycles. The minimum atomic E-state index is -3.41. The van der Waals surface area contributed by atoms with E-state index in [9.17, 15) is 8.42 Å². The van der Waals surface area contributed by atoms with Gasteiger partial charge in [0.2, 0.25) is 0 Å². The number of rotatable bonds is 3. The maximum absolute atomic E-state index is 11.3. The van der Waals surface area contributed by atoms with Crippen LogP contribution >= 0.6 is 0 Å². The summed E-state index contributed by atoms with van der Waals surface area (Å²) >= 11 is 0. The smallest absolute Gasteiger partial charge is 0.264 e. The average Bonchev–Trinajstić information content (AvgIpc) is 2.84.